The van der Waals surface area contributed by atoms with E-state index in [0.29, 0.717) is 10.9 Å². The van der Waals surface area contributed by atoms with E-state index >= 15 is 0 Å². The largest absolute Gasteiger partial charge is 0.416 e. The van der Waals surface area contributed by atoms with Gasteiger partial charge in [-0.25, -0.2) is 0 Å². The Balaban J connectivity index is 2.66. The van der Waals surface area contributed by atoms with Crippen molar-refractivity contribution in [1.29, 1.82) is 0 Å². The van der Waals surface area contributed by atoms with E-state index in [4.69, 9.17) is 0 Å². The van der Waals surface area contributed by atoms with E-state index in [1.54, 1.807) is 0 Å². The summed E-state index contributed by atoms with van der Waals surface area (Å²) in [6, 6.07) is 3.24. The van der Waals surface area contributed by atoms with Crippen LogP contribution in [0, 0.1) is 0 Å². The lowest BCUT2D eigenvalue weighted by Crippen LogP contribution is -2.03. The fraction of sp³-hybridized carbons (Fsp3) is 0.125. The summed E-state index contributed by atoms with van der Waals surface area (Å²) in [6.07, 6.45) is -4.34. The van der Waals surface area contributed by atoms with Crippen LogP contribution in [0.3, 0.4) is 0 Å². The molecule has 14 heavy (non-hydrogen) atoms. The van der Waals surface area contributed by atoms with Crippen LogP contribution in [0.5, 0.6) is 0 Å². The Hall–Kier alpha value is -1.04. The van der Waals surface area contributed by atoms with Crippen molar-refractivity contribution in [1.82, 2.24) is 5.16 Å². The number of aromatic nitrogens is 1. The van der Waals surface area contributed by atoms with Crippen LogP contribution >= 0.6 is 15.9 Å². The third kappa shape index (κ3) is 1.50. The minimum absolute atomic E-state index is 0.207. The van der Waals surface area contributed by atoms with E-state index in [0.717, 1.165) is 12.1 Å². The van der Waals surface area contributed by atoms with Gasteiger partial charge in [0, 0.05) is 0 Å². The molecule has 0 amide bonds. The highest BCUT2D eigenvalue weighted by atomic mass is 79.9. The molecule has 0 saturated heterocycles. The van der Waals surface area contributed by atoms with Crippen LogP contribution < -0.4 is 0 Å². The smallest absolute Gasteiger partial charge is 0.348 e. The number of hydrogen-bond acceptors (Lipinski definition) is 2. The molecule has 2 nitrogen and oxygen atoms in total. The molecular weight excluding hydrogens is 263 g/mol. The molecule has 0 saturated carbocycles. The number of alkyl halides is 3. The van der Waals surface area contributed by atoms with Crippen molar-refractivity contribution in [3.8, 4) is 0 Å². The van der Waals surface area contributed by atoms with Crippen molar-refractivity contribution in [3.05, 3.63) is 28.4 Å². The minimum Gasteiger partial charge on any atom is -0.348 e. The summed E-state index contributed by atoms with van der Waals surface area (Å²) < 4.78 is 41.8. The van der Waals surface area contributed by atoms with Gasteiger partial charge >= 0.3 is 6.18 Å². The summed E-state index contributed by atoms with van der Waals surface area (Å²) in [5, 5.41) is 3.87. The molecule has 0 atom stereocenters. The second kappa shape index (κ2) is 2.98. The molecule has 0 unspecified atom stereocenters. The second-order valence-electron chi connectivity index (χ2n) is 2.69. The van der Waals surface area contributed by atoms with Crippen LogP contribution in [-0.4, -0.2) is 5.16 Å². The number of fused-ring (bicyclic) bond motifs is 1. The van der Waals surface area contributed by atoms with Crippen molar-refractivity contribution in [2.24, 2.45) is 0 Å². The molecule has 1 heterocycles. The Kier molecular flexibility index (Phi) is 2.02. The quantitative estimate of drug-likeness (QED) is 0.728. The summed E-state index contributed by atoms with van der Waals surface area (Å²) in [5.41, 5.74) is -0.321. The van der Waals surface area contributed by atoms with Crippen LogP contribution in [0.1, 0.15) is 5.56 Å². The van der Waals surface area contributed by atoms with Crippen molar-refractivity contribution in [2.45, 2.75) is 6.18 Å². The van der Waals surface area contributed by atoms with Crippen LogP contribution in [0.4, 0.5) is 13.2 Å². The summed E-state index contributed by atoms with van der Waals surface area (Å²) >= 11 is 2.97. The molecule has 0 aliphatic carbocycles. The Labute approximate surface area is 84.8 Å². The first kappa shape index (κ1) is 9.51. The monoisotopic (exact) mass is 265 g/mol. The highest BCUT2D eigenvalue weighted by Crippen LogP contribution is 2.33. The lowest BCUT2D eigenvalue weighted by Gasteiger charge is -2.04. The summed E-state index contributed by atoms with van der Waals surface area (Å²) in [6.45, 7) is 0. The Morgan fingerprint density at radius 3 is 2.64 bits per heavy atom. The minimum atomic E-state index is -4.34. The van der Waals surface area contributed by atoms with Gasteiger partial charge in [-0.15, -0.1) is 0 Å². The van der Waals surface area contributed by atoms with E-state index in [9.17, 15) is 13.2 Å². The third-order valence-corrected chi connectivity index (χ3v) is 2.33. The molecule has 0 bridgehead atoms. The van der Waals surface area contributed by atoms with Gasteiger partial charge in [0.1, 0.15) is 5.52 Å². The Bertz CT molecular complexity index is 477. The van der Waals surface area contributed by atoms with Gasteiger partial charge in [-0.2, -0.15) is 13.2 Å². The normalized spacial score (nSPS) is 12.3. The van der Waals surface area contributed by atoms with Crippen LogP contribution in [0.2, 0.25) is 0 Å². The summed E-state index contributed by atoms with van der Waals surface area (Å²) in [4.78, 5) is 0. The number of rotatable bonds is 0. The van der Waals surface area contributed by atoms with Gasteiger partial charge in [0.25, 0.3) is 0 Å². The van der Waals surface area contributed by atoms with E-state index in [2.05, 4.69) is 25.6 Å². The molecule has 2 rings (SSSR count). The highest BCUT2D eigenvalue weighted by Gasteiger charge is 2.30. The lowest BCUT2D eigenvalue weighted by molar-refractivity contribution is -0.137. The zero-order valence-corrected chi connectivity index (χ0v) is 8.19. The fourth-order valence-corrected chi connectivity index (χ4v) is 1.48. The highest BCUT2D eigenvalue weighted by molar-refractivity contribution is 9.10. The van der Waals surface area contributed by atoms with Crippen LogP contribution in [0.15, 0.2) is 27.4 Å². The Morgan fingerprint density at radius 1 is 1.29 bits per heavy atom. The topological polar surface area (TPSA) is 26.0 Å². The predicted octanol–water partition coefficient (Wildman–Crippen LogP) is 3.61. The maximum atomic E-state index is 12.3. The summed E-state index contributed by atoms with van der Waals surface area (Å²) in [7, 11) is 0. The average molecular weight is 266 g/mol. The van der Waals surface area contributed by atoms with Gasteiger partial charge in [0.15, 0.2) is 0 Å². The first-order chi connectivity index (χ1) is 6.48. The lowest BCUT2D eigenvalue weighted by atomic mass is 10.1. The van der Waals surface area contributed by atoms with Gasteiger partial charge in [0.05, 0.1) is 10.9 Å². The first-order valence-corrected chi connectivity index (χ1v) is 4.40. The van der Waals surface area contributed by atoms with Crippen LogP contribution in [0.25, 0.3) is 10.9 Å². The van der Waals surface area contributed by atoms with Gasteiger partial charge in [0.2, 0.25) is 4.67 Å². The molecule has 0 aliphatic rings. The van der Waals surface area contributed by atoms with E-state index < -0.39 is 11.7 Å². The SMILES string of the molecule is FC(F)(F)c1ccc2noc(Br)c2c1. The zero-order valence-electron chi connectivity index (χ0n) is 6.60. The maximum absolute atomic E-state index is 12.3. The van der Waals surface area contributed by atoms with Crippen molar-refractivity contribution in [2.75, 3.05) is 0 Å². The first-order valence-electron chi connectivity index (χ1n) is 3.60. The molecule has 0 N–H and O–H groups in total. The van der Waals surface area contributed by atoms with E-state index in [-0.39, 0.29) is 4.67 Å². The molecule has 1 aromatic carbocycles. The van der Waals surface area contributed by atoms with Crippen molar-refractivity contribution in [3.63, 3.8) is 0 Å². The molecule has 6 heteroatoms. The molecule has 0 radical (unpaired) electrons. The predicted molar refractivity (Wildman–Crippen MR) is 46.7 cm³/mol. The maximum Gasteiger partial charge on any atom is 0.416 e. The average Bonchev–Trinajstić information content (AvgIpc) is 2.46. The van der Waals surface area contributed by atoms with Crippen LogP contribution in [-0.2, 0) is 6.18 Å². The van der Waals surface area contributed by atoms with Crippen molar-refractivity contribution >= 4 is 26.8 Å². The van der Waals surface area contributed by atoms with E-state index in [1.807, 2.05) is 0 Å². The second-order valence-corrected chi connectivity index (χ2v) is 3.41. The fourth-order valence-electron chi connectivity index (χ4n) is 1.09. The molecule has 74 valence electrons. The van der Waals surface area contributed by atoms with Gasteiger partial charge in [-0.1, -0.05) is 5.16 Å². The number of halogens is 4. The van der Waals surface area contributed by atoms with Gasteiger partial charge in [-0.3, -0.25) is 0 Å². The standard InChI is InChI=1S/C8H3BrF3NO/c9-7-5-3-4(8(10,11)12)1-2-6(5)13-14-7/h1-3H. The van der Waals surface area contributed by atoms with Crippen molar-refractivity contribution < 1.29 is 17.7 Å². The molecule has 0 spiro atoms. The molecule has 2 aromatic rings. The number of benzene rings is 1. The molecule has 0 fully saturated rings. The molecular formula is C8H3BrF3NO. The third-order valence-electron chi connectivity index (χ3n) is 1.76. The summed E-state index contributed by atoms with van der Waals surface area (Å²) in [5.74, 6) is 0. The number of hydrogen-bond donors (Lipinski definition) is 0. The Morgan fingerprint density at radius 2 is 2.00 bits per heavy atom. The molecule has 1 aromatic heterocycles. The van der Waals surface area contributed by atoms with Gasteiger partial charge < -0.3 is 4.52 Å². The number of nitrogens with zero attached hydrogens (tertiary/aromatic N) is 1. The molecule has 0 aliphatic heterocycles. The van der Waals surface area contributed by atoms with Gasteiger partial charge in [-0.05, 0) is 34.1 Å². The van der Waals surface area contributed by atoms with E-state index in [1.165, 1.54) is 6.07 Å². The zero-order chi connectivity index (χ0) is 10.3.